The van der Waals surface area contributed by atoms with Crippen molar-refractivity contribution in [3.63, 3.8) is 0 Å². The summed E-state index contributed by atoms with van der Waals surface area (Å²) in [6.45, 7) is 4.41. The number of hydrogen-bond acceptors (Lipinski definition) is 4. The average Bonchev–Trinajstić information content (AvgIpc) is 3.20. The van der Waals surface area contributed by atoms with Crippen molar-refractivity contribution >= 4 is 23.0 Å². The van der Waals surface area contributed by atoms with E-state index in [4.69, 9.17) is 0 Å². The molecule has 3 aromatic rings. The van der Waals surface area contributed by atoms with E-state index >= 15 is 0 Å². The summed E-state index contributed by atoms with van der Waals surface area (Å²) in [4.78, 5) is 35.6. The van der Waals surface area contributed by atoms with Crippen molar-refractivity contribution in [1.29, 1.82) is 0 Å². The van der Waals surface area contributed by atoms with Crippen LogP contribution in [0.2, 0.25) is 0 Å². The van der Waals surface area contributed by atoms with Gasteiger partial charge >= 0.3 is 0 Å². The van der Waals surface area contributed by atoms with Crippen molar-refractivity contribution in [3.8, 4) is 5.69 Å². The van der Waals surface area contributed by atoms with Gasteiger partial charge in [0, 0.05) is 12.6 Å². The zero-order chi connectivity index (χ0) is 22.2. The zero-order valence-electron chi connectivity index (χ0n) is 18.5. The number of likely N-dealkylation sites (tertiary alicyclic amines) is 1. The van der Waals surface area contributed by atoms with E-state index in [2.05, 4.69) is 9.89 Å². The minimum atomic E-state index is -0.233. The number of hydrogen-bond donors (Lipinski definition) is 0. The predicted octanol–water partition coefficient (Wildman–Crippen LogP) is 3.40. The summed E-state index contributed by atoms with van der Waals surface area (Å²) in [5.41, 5.74) is 3.52. The molecular weight excluding hydrogens is 402 g/mol. The fraction of sp³-hybridized carbons (Fsp3) is 0.320. The Kier molecular flexibility index (Phi) is 5.27. The minimum absolute atomic E-state index is 0.148. The van der Waals surface area contributed by atoms with Gasteiger partial charge in [0.1, 0.15) is 5.71 Å². The summed E-state index contributed by atoms with van der Waals surface area (Å²) < 4.78 is 3.37. The topological polar surface area (TPSA) is 62.8 Å². The van der Waals surface area contributed by atoms with Crippen LogP contribution in [0.3, 0.4) is 0 Å². The van der Waals surface area contributed by atoms with Crippen LogP contribution in [0, 0.1) is 6.92 Å². The number of fused-ring (bicyclic) bond motifs is 1. The highest BCUT2D eigenvalue weighted by atomic mass is 16.2. The van der Waals surface area contributed by atoms with Gasteiger partial charge in [0.05, 0.1) is 23.7 Å². The minimum Gasteiger partial charge on any atom is -0.293 e. The zero-order valence-corrected chi connectivity index (χ0v) is 18.5. The maximum atomic E-state index is 13.5. The standard InChI is InChI=1S/C25H27N5O2/c1-18-22(25(32)30(27(18)2)19-11-5-3-6-12-19)26-23-20-13-7-8-14-21(20)29(24(23)31)17-28-15-9-4-10-16-28/h3,5-8,11-14H,4,9-10,15-17H2,1-2H3. The molecule has 0 atom stereocenters. The first-order valence-electron chi connectivity index (χ1n) is 11.1. The van der Waals surface area contributed by atoms with Crippen molar-refractivity contribution in [2.45, 2.75) is 26.2 Å². The van der Waals surface area contributed by atoms with E-state index < -0.39 is 0 Å². The molecule has 164 valence electrons. The first-order chi connectivity index (χ1) is 15.6. The first-order valence-corrected chi connectivity index (χ1v) is 11.1. The number of para-hydroxylation sites is 2. The Bertz CT molecular complexity index is 1250. The molecule has 0 bridgehead atoms. The monoisotopic (exact) mass is 429 g/mol. The largest absolute Gasteiger partial charge is 0.297 e. The van der Waals surface area contributed by atoms with Crippen molar-refractivity contribution in [3.05, 3.63) is 76.2 Å². The summed E-state index contributed by atoms with van der Waals surface area (Å²) in [7, 11) is 1.83. The van der Waals surface area contributed by atoms with Crippen LogP contribution in [-0.4, -0.2) is 45.6 Å². The highest BCUT2D eigenvalue weighted by molar-refractivity contribution is 6.54. The molecule has 5 rings (SSSR count). The molecule has 32 heavy (non-hydrogen) atoms. The lowest BCUT2D eigenvalue weighted by Crippen LogP contribution is -2.43. The molecule has 0 unspecified atom stereocenters. The van der Waals surface area contributed by atoms with Gasteiger partial charge in [0.2, 0.25) is 0 Å². The fourth-order valence-corrected chi connectivity index (χ4v) is 4.61. The van der Waals surface area contributed by atoms with Gasteiger partial charge in [-0.1, -0.05) is 42.8 Å². The Morgan fingerprint density at radius 1 is 0.906 bits per heavy atom. The third-order valence-corrected chi connectivity index (χ3v) is 6.44. The molecule has 0 radical (unpaired) electrons. The number of aromatic nitrogens is 2. The van der Waals surface area contributed by atoms with Gasteiger partial charge in [-0.25, -0.2) is 9.67 Å². The van der Waals surface area contributed by atoms with Crippen LogP contribution >= 0.6 is 0 Å². The molecule has 1 saturated heterocycles. The second kappa shape index (κ2) is 8.24. The Morgan fingerprint density at radius 3 is 2.34 bits per heavy atom. The highest BCUT2D eigenvalue weighted by Gasteiger charge is 2.35. The van der Waals surface area contributed by atoms with Gasteiger partial charge < -0.3 is 0 Å². The molecule has 2 aliphatic heterocycles. The number of rotatable bonds is 4. The molecule has 1 fully saturated rings. The van der Waals surface area contributed by atoms with Gasteiger partial charge in [-0.15, -0.1) is 0 Å². The van der Waals surface area contributed by atoms with Crippen LogP contribution in [0.25, 0.3) is 5.69 Å². The van der Waals surface area contributed by atoms with Crippen LogP contribution in [0.1, 0.15) is 30.5 Å². The molecule has 0 aliphatic carbocycles. The molecule has 3 heterocycles. The predicted molar refractivity (Wildman–Crippen MR) is 126 cm³/mol. The van der Waals surface area contributed by atoms with Gasteiger partial charge in [0.25, 0.3) is 11.5 Å². The smallest absolute Gasteiger partial charge is 0.293 e. The third kappa shape index (κ3) is 3.39. The highest BCUT2D eigenvalue weighted by Crippen LogP contribution is 2.31. The summed E-state index contributed by atoms with van der Waals surface area (Å²) >= 11 is 0. The van der Waals surface area contributed by atoms with E-state index in [0.29, 0.717) is 23.8 Å². The molecule has 1 aromatic heterocycles. The lowest BCUT2D eigenvalue weighted by molar-refractivity contribution is -0.112. The molecule has 2 aromatic carbocycles. The Balaban J connectivity index is 1.57. The van der Waals surface area contributed by atoms with Crippen LogP contribution in [0.15, 0.2) is 64.4 Å². The summed E-state index contributed by atoms with van der Waals surface area (Å²) in [5, 5.41) is 0. The maximum absolute atomic E-state index is 13.5. The van der Waals surface area contributed by atoms with Crippen molar-refractivity contribution in [2.75, 3.05) is 24.7 Å². The molecule has 0 N–H and O–H groups in total. The lowest BCUT2D eigenvalue weighted by Gasteiger charge is -2.30. The van der Waals surface area contributed by atoms with Crippen molar-refractivity contribution in [1.82, 2.24) is 14.3 Å². The van der Waals surface area contributed by atoms with Gasteiger partial charge in [-0.2, -0.15) is 0 Å². The SMILES string of the molecule is Cc1c(N=C2C(=O)N(CN3CCCCC3)c3ccccc32)c(=O)n(-c2ccccc2)n1C. The Hall–Kier alpha value is -3.45. The molecule has 0 saturated carbocycles. The molecule has 7 nitrogen and oxygen atoms in total. The second-order valence-corrected chi connectivity index (χ2v) is 8.44. The quantitative estimate of drug-likeness (QED) is 0.639. The number of carbonyl (C=O) groups is 1. The van der Waals surface area contributed by atoms with Gasteiger partial charge in [0.15, 0.2) is 5.69 Å². The van der Waals surface area contributed by atoms with Gasteiger partial charge in [-0.3, -0.25) is 24.1 Å². The molecule has 0 spiro atoms. The van der Waals surface area contributed by atoms with Crippen LogP contribution in [0.4, 0.5) is 11.4 Å². The van der Waals surface area contributed by atoms with E-state index in [9.17, 15) is 9.59 Å². The second-order valence-electron chi connectivity index (χ2n) is 8.44. The third-order valence-electron chi connectivity index (χ3n) is 6.44. The Labute approximate surface area is 187 Å². The maximum Gasteiger partial charge on any atom is 0.297 e. The van der Waals surface area contributed by atoms with E-state index in [-0.39, 0.29) is 11.5 Å². The number of aliphatic imine (C=N–C) groups is 1. The fourth-order valence-electron chi connectivity index (χ4n) is 4.61. The van der Waals surface area contributed by atoms with E-state index in [1.165, 1.54) is 6.42 Å². The summed E-state index contributed by atoms with van der Waals surface area (Å²) in [6, 6.07) is 17.2. The summed E-state index contributed by atoms with van der Waals surface area (Å²) in [5.74, 6) is -0.148. The van der Waals surface area contributed by atoms with E-state index in [1.54, 1.807) is 14.3 Å². The molecule has 1 amide bonds. The number of benzene rings is 2. The van der Waals surface area contributed by atoms with Crippen LogP contribution < -0.4 is 10.5 Å². The lowest BCUT2D eigenvalue weighted by atomic mass is 10.1. The van der Waals surface area contributed by atoms with Gasteiger partial charge in [-0.05, 0) is 51.1 Å². The van der Waals surface area contributed by atoms with E-state index in [1.807, 2.05) is 68.6 Å². The number of piperidine rings is 1. The summed E-state index contributed by atoms with van der Waals surface area (Å²) in [6.07, 6.45) is 3.56. The number of carbonyl (C=O) groups excluding carboxylic acids is 1. The van der Waals surface area contributed by atoms with Crippen LogP contribution in [0.5, 0.6) is 0 Å². The molecule has 2 aliphatic rings. The van der Waals surface area contributed by atoms with Crippen molar-refractivity contribution < 1.29 is 4.79 Å². The van der Waals surface area contributed by atoms with Crippen molar-refractivity contribution in [2.24, 2.45) is 12.0 Å². The Morgan fingerprint density at radius 2 is 1.59 bits per heavy atom. The average molecular weight is 430 g/mol. The van der Waals surface area contributed by atoms with Crippen LogP contribution in [-0.2, 0) is 11.8 Å². The number of nitrogens with zero attached hydrogens (tertiary/aromatic N) is 5. The molecular formula is C25H27N5O2. The number of anilines is 1. The van der Waals surface area contributed by atoms with E-state index in [0.717, 1.165) is 42.9 Å². The first kappa shape index (κ1) is 20.5. The number of amides is 1. The molecule has 7 heteroatoms. The normalized spacial score (nSPS) is 17.9.